The Kier molecular flexibility index (Phi) is 4.53. The summed E-state index contributed by atoms with van der Waals surface area (Å²) in [5, 5.41) is 3.12. The van der Waals surface area contributed by atoms with Crippen LogP contribution >= 0.6 is 11.6 Å². The molecule has 4 heteroatoms. The van der Waals surface area contributed by atoms with Gasteiger partial charge < -0.3 is 5.32 Å². The van der Waals surface area contributed by atoms with E-state index in [0.29, 0.717) is 5.02 Å². The molecule has 1 N–H and O–H groups in total. The highest BCUT2D eigenvalue weighted by atomic mass is 35.5. The summed E-state index contributed by atoms with van der Waals surface area (Å²) >= 11 is 5.77. The number of carbonyl (C=O) groups is 1. The van der Waals surface area contributed by atoms with Crippen LogP contribution in [0.15, 0.2) is 48.5 Å². The first-order valence-corrected chi connectivity index (χ1v) is 6.43. The Labute approximate surface area is 121 Å². The fraction of sp³-hybridized carbons (Fsp3) is 0.0625. The van der Waals surface area contributed by atoms with Gasteiger partial charge in [-0.15, -0.1) is 0 Å². The number of aryl methyl sites for hydroxylation is 1. The van der Waals surface area contributed by atoms with Crippen molar-refractivity contribution in [1.82, 2.24) is 0 Å². The van der Waals surface area contributed by atoms with E-state index in [1.54, 1.807) is 49.4 Å². The summed E-state index contributed by atoms with van der Waals surface area (Å²) in [5.74, 6) is -0.832. The second kappa shape index (κ2) is 6.35. The lowest BCUT2D eigenvalue weighted by molar-refractivity contribution is -0.111. The summed E-state index contributed by atoms with van der Waals surface area (Å²) in [7, 11) is 0. The fourth-order valence-electron chi connectivity index (χ4n) is 1.64. The van der Waals surface area contributed by atoms with Crippen molar-refractivity contribution in [2.75, 3.05) is 5.32 Å². The Morgan fingerprint density at radius 1 is 1.20 bits per heavy atom. The molecule has 0 atom stereocenters. The Morgan fingerprint density at radius 3 is 2.55 bits per heavy atom. The van der Waals surface area contributed by atoms with Crippen molar-refractivity contribution in [3.8, 4) is 0 Å². The van der Waals surface area contributed by atoms with Crippen LogP contribution in [-0.4, -0.2) is 5.91 Å². The largest absolute Gasteiger partial charge is 0.320 e. The number of halogens is 2. The molecule has 2 aromatic rings. The van der Waals surface area contributed by atoms with E-state index < -0.39 is 5.82 Å². The Morgan fingerprint density at radius 2 is 1.90 bits per heavy atom. The second-order valence-electron chi connectivity index (χ2n) is 4.36. The van der Waals surface area contributed by atoms with E-state index in [2.05, 4.69) is 5.32 Å². The van der Waals surface area contributed by atoms with E-state index in [1.807, 2.05) is 0 Å². The van der Waals surface area contributed by atoms with Crippen LogP contribution in [-0.2, 0) is 4.79 Å². The van der Waals surface area contributed by atoms with E-state index in [4.69, 9.17) is 11.6 Å². The van der Waals surface area contributed by atoms with Crippen molar-refractivity contribution in [3.63, 3.8) is 0 Å². The highest BCUT2D eigenvalue weighted by Gasteiger charge is 2.04. The number of hydrogen-bond acceptors (Lipinski definition) is 1. The molecule has 2 nitrogen and oxygen atoms in total. The Balaban J connectivity index is 2.03. The third-order valence-corrected chi connectivity index (χ3v) is 2.93. The highest BCUT2D eigenvalue weighted by Crippen LogP contribution is 2.15. The lowest BCUT2D eigenvalue weighted by Crippen LogP contribution is -2.09. The summed E-state index contributed by atoms with van der Waals surface area (Å²) in [5.41, 5.74) is 1.81. The van der Waals surface area contributed by atoms with Gasteiger partial charge >= 0.3 is 0 Å². The topological polar surface area (TPSA) is 29.1 Å². The third kappa shape index (κ3) is 3.93. The van der Waals surface area contributed by atoms with Gasteiger partial charge in [-0.25, -0.2) is 4.39 Å². The molecule has 1 amide bonds. The number of hydrogen-bond donors (Lipinski definition) is 1. The predicted molar refractivity (Wildman–Crippen MR) is 80.3 cm³/mol. The summed E-state index contributed by atoms with van der Waals surface area (Å²) in [6.45, 7) is 1.79. The fourth-order valence-corrected chi connectivity index (χ4v) is 1.77. The van der Waals surface area contributed by atoms with Crippen molar-refractivity contribution in [3.05, 3.63) is 70.5 Å². The van der Waals surface area contributed by atoms with E-state index in [-0.39, 0.29) is 11.6 Å². The van der Waals surface area contributed by atoms with Gasteiger partial charge in [0.15, 0.2) is 0 Å². The number of anilines is 1. The van der Waals surface area contributed by atoms with Crippen LogP contribution in [0.3, 0.4) is 0 Å². The molecule has 0 spiro atoms. The molecular weight excluding hydrogens is 277 g/mol. The first kappa shape index (κ1) is 14.3. The molecule has 0 aromatic heterocycles. The van der Waals surface area contributed by atoms with Gasteiger partial charge in [0.2, 0.25) is 5.91 Å². The number of nitrogens with one attached hydrogen (secondary N) is 1. The quantitative estimate of drug-likeness (QED) is 0.832. The molecule has 102 valence electrons. The summed E-state index contributed by atoms with van der Waals surface area (Å²) in [6, 6.07) is 11.7. The number of rotatable bonds is 3. The first-order valence-electron chi connectivity index (χ1n) is 6.05. The average molecular weight is 290 g/mol. The summed E-state index contributed by atoms with van der Waals surface area (Å²) in [4.78, 5) is 11.7. The molecule has 0 fully saturated rings. The minimum atomic E-state index is -0.446. The maximum Gasteiger partial charge on any atom is 0.248 e. The maximum absolute atomic E-state index is 13.6. The van der Waals surface area contributed by atoms with Gasteiger partial charge in [0.1, 0.15) is 5.82 Å². The van der Waals surface area contributed by atoms with Crippen LogP contribution in [0.1, 0.15) is 11.1 Å². The number of carbonyl (C=O) groups excluding carboxylic acids is 1. The van der Waals surface area contributed by atoms with Crippen LogP contribution in [0.5, 0.6) is 0 Å². The van der Waals surface area contributed by atoms with Crippen molar-refractivity contribution < 1.29 is 9.18 Å². The Hall–Kier alpha value is -2.13. The molecule has 0 bridgehead atoms. The normalized spacial score (nSPS) is 10.8. The SMILES string of the molecule is Cc1ccc(NC(=O)/C=C/c2ccc(Cl)cc2)c(F)c1. The van der Waals surface area contributed by atoms with Crippen LogP contribution < -0.4 is 5.32 Å². The zero-order valence-corrected chi connectivity index (χ0v) is 11.6. The molecule has 0 saturated heterocycles. The molecule has 2 aromatic carbocycles. The van der Waals surface area contributed by atoms with Gasteiger partial charge in [-0.05, 0) is 48.4 Å². The van der Waals surface area contributed by atoms with Crippen molar-refractivity contribution >= 4 is 29.3 Å². The van der Waals surface area contributed by atoms with Crippen molar-refractivity contribution in [1.29, 1.82) is 0 Å². The van der Waals surface area contributed by atoms with Gasteiger partial charge in [0.25, 0.3) is 0 Å². The lowest BCUT2D eigenvalue weighted by atomic mass is 10.2. The van der Waals surface area contributed by atoms with Gasteiger partial charge in [0, 0.05) is 11.1 Å². The maximum atomic E-state index is 13.6. The summed E-state index contributed by atoms with van der Waals surface area (Å²) < 4.78 is 13.6. The molecule has 0 aliphatic carbocycles. The molecule has 0 saturated carbocycles. The number of amides is 1. The molecule has 20 heavy (non-hydrogen) atoms. The monoisotopic (exact) mass is 289 g/mol. The van der Waals surface area contributed by atoms with Crippen LogP contribution in [0.2, 0.25) is 5.02 Å². The van der Waals surface area contributed by atoms with E-state index in [1.165, 1.54) is 12.1 Å². The molecule has 0 unspecified atom stereocenters. The zero-order valence-electron chi connectivity index (χ0n) is 10.9. The minimum absolute atomic E-state index is 0.168. The molecule has 0 aliphatic rings. The Bertz CT molecular complexity index is 650. The number of benzene rings is 2. The smallest absolute Gasteiger partial charge is 0.248 e. The third-order valence-electron chi connectivity index (χ3n) is 2.68. The molecular formula is C16H13ClFNO. The molecule has 2 rings (SSSR count). The minimum Gasteiger partial charge on any atom is -0.320 e. The predicted octanol–water partition coefficient (Wildman–Crippen LogP) is 4.44. The second-order valence-corrected chi connectivity index (χ2v) is 4.79. The van der Waals surface area contributed by atoms with Crippen LogP contribution in [0.4, 0.5) is 10.1 Å². The van der Waals surface area contributed by atoms with Crippen molar-refractivity contribution in [2.24, 2.45) is 0 Å². The van der Waals surface area contributed by atoms with Gasteiger partial charge in [-0.2, -0.15) is 0 Å². The van der Waals surface area contributed by atoms with Gasteiger partial charge in [0.05, 0.1) is 5.69 Å². The summed E-state index contributed by atoms with van der Waals surface area (Å²) in [6.07, 6.45) is 2.99. The zero-order chi connectivity index (χ0) is 14.5. The van der Waals surface area contributed by atoms with E-state index in [9.17, 15) is 9.18 Å². The van der Waals surface area contributed by atoms with E-state index >= 15 is 0 Å². The first-order chi connectivity index (χ1) is 9.54. The van der Waals surface area contributed by atoms with Crippen molar-refractivity contribution in [2.45, 2.75) is 6.92 Å². The van der Waals surface area contributed by atoms with E-state index in [0.717, 1.165) is 11.1 Å². The molecule has 0 aliphatic heterocycles. The van der Waals surface area contributed by atoms with Crippen LogP contribution in [0, 0.1) is 12.7 Å². The average Bonchev–Trinajstić information content (AvgIpc) is 2.41. The lowest BCUT2D eigenvalue weighted by Gasteiger charge is -2.04. The molecule has 0 heterocycles. The van der Waals surface area contributed by atoms with Crippen LogP contribution in [0.25, 0.3) is 6.08 Å². The highest BCUT2D eigenvalue weighted by molar-refractivity contribution is 6.30. The van der Waals surface area contributed by atoms with Gasteiger partial charge in [-0.1, -0.05) is 29.8 Å². The molecule has 0 radical (unpaired) electrons. The standard InChI is InChI=1S/C16H13ClFNO/c1-11-2-8-15(14(18)10-11)19-16(20)9-5-12-3-6-13(17)7-4-12/h2-10H,1H3,(H,19,20)/b9-5+. The van der Waals surface area contributed by atoms with Gasteiger partial charge in [-0.3, -0.25) is 4.79 Å².